The molecule has 0 aromatic heterocycles. The minimum absolute atomic E-state index is 0.181. The molecule has 1 aromatic carbocycles. The van der Waals surface area contributed by atoms with Crippen LogP contribution in [0.5, 0.6) is 0 Å². The van der Waals surface area contributed by atoms with Crippen LogP contribution < -0.4 is 0 Å². The van der Waals surface area contributed by atoms with E-state index in [9.17, 15) is 9.18 Å². The van der Waals surface area contributed by atoms with Crippen molar-refractivity contribution in [3.8, 4) is 0 Å². The predicted molar refractivity (Wildman–Crippen MR) is 66.3 cm³/mol. The van der Waals surface area contributed by atoms with Gasteiger partial charge in [-0.1, -0.05) is 17.7 Å². The molecule has 0 aliphatic carbocycles. The Balaban J connectivity index is 2.81. The lowest BCUT2D eigenvalue weighted by Gasteiger charge is -2.17. The molecule has 0 aliphatic rings. The lowest BCUT2D eigenvalue weighted by atomic mass is 10.2. The van der Waals surface area contributed by atoms with Gasteiger partial charge in [-0.05, 0) is 39.0 Å². The van der Waals surface area contributed by atoms with E-state index >= 15 is 0 Å². The number of hydrogen-bond donors (Lipinski definition) is 0. The highest BCUT2D eigenvalue weighted by Crippen LogP contribution is 2.20. The van der Waals surface area contributed by atoms with E-state index < -0.39 is 17.4 Å². The number of halogens is 2. The van der Waals surface area contributed by atoms with Crippen molar-refractivity contribution in [1.82, 2.24) is 0 Å². The summed E-state index contributed by atoms with van der Waals surface area (Å²) in [4.78, 5) is 11.4. The van der Waals surface area contributed by atoms with E-state index in [1.807, 2.05) is 0 Å². The van der Waals surface area contributed by atoms with Gasteiger partial charge in [0.25, 0.3) is 0 Å². The molecule has 0 saturated heterocycles. The zero-order valence-corrected chi connectivity index (χ0v) is 10.7. The van der Waals surface area contributed by atoms with Crippen molar-refractivity contribution < 1.29 is 13.9 Å². The van der Waals surface area contributed by atoms with Crippen LogP contribution >= 0.6 is 11.6 Å². The third kappa shape index (κ3) is 4.57. The predicted octanol–water partition coefficient (Wildman–Crippen LogP) is 3.83. The van der Waals surface area contributed by atoms with Gasteiger partial charge in [-0.3, -0.25) is 0 Å². The maximum Gasteiger partial charge on any atom is 0.331 e. The number of benzene rings is 1. The quantitative estimate of drug-likeness (QED) is 0.594. The molecule has 1 aromatic rings. The minimum Gasteiger partial charge on any atom is -0.457 e. The van der Waals surface area contributed by atoms with Gasteiger partial charge in [0.1, 0.15) is 11.4 Å². The zero-order valence-electron chi connectivity index (χ0n) is 9.96. The van der Waals surface area contributed by atoms with Gasteiger partial charge in [0.15, 0.2) is 0 Å². The Morgan fingerprint density at radius 3 is 2.59 bits per heavy atom. The van der Waals surface area contributed by atoms with Crippen molar-refractivity contribution >= 4 is 23.6 Å². The molecule has 0 aliphatic heterocycles. The Bertz CT molecular complexity index is 427. The van der Waals surface area contributed by atoms with Gasteiger partial charge in [0.2, 0.25) is 0 Å². The smallest absolute Gasteiger partial charge is 0.331 e. The lowest BCUT2D eigenvalue weighted by molar-refractivity contribution is -0.148. The Hall–Kier alpha value is -1.35. The summed E-state index contributed by atoms with van der Waals surface area (Å²) in [5, 5.41) is 0.254. The van der Waals surface area contributed by atoms with Gasteiger partial charge in [-0.15, -0.1) is 0 Å². The Morgan fingerprint density at radius 2 is 2.06 bits per heavy atom. The molecule has 0 radical (unpaired) electrons. The summed E-state index contributed by atoms with van der Waals surface area (Å²) < 4.78 is 18.4. The Morgan fingerprint density at radius 1 is 1.41 bits per heavy atom. The Labute approximate surface area is 105 Å². The molecular weight excluding hydrogens is 243 g/mol. The molecule has 0 heterocycles. The third-order valence-corrected chi connectivity index (χ3v) is 2.12. The van der Waals surface area contributed by atoms with E-state index in [1.54, 1.807) is 26.8 Å². The van der Waals surface area contributed by atoms with E-state index in [0.29, 0.717) is 0 Å². The second-order valence-electron chi connectivity index (χ2n) is 4.50. The van der Waals surface area contributed by atoms with Crippen molar-refractivity contribution in [2.75, 3.05) is 0 Å². The molecule has 0 N–H and O–H groups in total. The second kappa shape index (κ2) is 5.32. The van der Waals surface area contributed by atoms with Crippen LogP contribution in [0.25, 0.3) is 6.08 Å². The van der Waals surface area contributed by atoms with E-state index in [0.717, 1.165) is 6.08 Å². The number of carbonyl (C=O) groups is 1. The number of carbonyl (C=O) groups excluding carboxylic acids is 1. The monoisotopic (exact) mass is 256 g/mol. The summed E-state index contributed by atoms with van der Waals surface area (Å²) in [6.45, 7) is 5.28. The highest BCUT2D eigenvalue weighted by Gasteiger charge is 2.14. The summed E-state index contributed by atoms with van der Waals surface area (Å²) in [7, 11) is 0. The van der Waals surface area contributed by atoms with Gasteiger partial charge in [0.05, 0.1) is 5.02 Å². The van der Waals surface area contributed by atoms with Crippen LogP contribution in [0.3, 0.4) is 0 Å². The fraction of sp³-hybridized carbons (Fsp3) is 0.308. The number of hydrogen-bond acceptors (Lipinski definition) is 2. The highest BCUT2D eigenvalue weighted by atomic mass is 35.5. The van der Waals surface area contributed by atoms with Crippen molar-refractivity contribution in [2.24, 2.45) is 0 Å². The average Bonchev–Trinajstić information content (AvgIpc) is 2.14. The maximum atomic E-state index is 13.4. The molecule has 17 heavy (non-hydrogen) atoms. The van der Waals surface area contributed by atoms with E-state index in [2.05, 4.69) is 0 Å². The summed E-state index contributed by atoms with van der Waals surface area (Å²) in [6.07, 6.45) is 2.47. The molecule has 1 rings (SSSR count). The molecule has 0 spiro atoms. The van der Waals surface area contributed by atoms with Gasteiger partial charge < -0.3 is 4.74 Å². The van der Waals surface area contributed by atoms with Crippen LogP contribution in [0.15, 0.2) is 24.3 Å². The van der Waals surface area contributed by atoms with Gasteiger partial charge in [-0.2, -0.15) is 0 Å². The first-order valence-corrected chi connectivity index (χ1v) is 5.52. The van der Waals surface area contributed by atoms with Crippen LogP contribution in [0.4, 0.5) is 4.39 Å². The van der Waals surface area contributed by atoms with Crippen molar-refractivity contribution in [1.29, 1.82) is 0 Å². The number of esters is 1. The normalized spacial score (nSPS) is 11.8. The third-order valence-electron chi connectivity index (χ3n) is 1.79. The van der Waals surface area contributed by atoms with Crippen molar-refractivity contribution in [3.05, 3.63) is 40.7 Å². The minimum atomic E-state index is -0.569. The van der Waals surface area contributed by atoms with Crippen LogP contribution in [0.1, 0.15) is 26.3 Å². The van der Waals surface area contributed by atoms with Crippen LogP contribution in [0.2, 0.25) is 5.02 Å². The standard InChI is InChI=1S/C13H14ClFO2/c1-13(2,3)17-12(16)8-7-9-10(14)5-4-6-11(9)15/h4-8H,1-3H3. The molecule has 2 nitrogen and oxygen atoms in total. The van der Waals surface area contributed by atoms with Crippen LogP contribution in [-0.4, -0.2) is 11.6 Å². The van der Waals surface area contributed by atoms with Crippen molar-refractivity contribution in [3.63, 3.8) is 0 Å². The van der Waals surface area contributed by atoms with E-state index in [4.69, 9.17) is 16.3 Å². The fourth-order valence-corrected chi connectivity index (χ4v) is 1.38. The molecule has 0 saturated carbocycles. The summed E-state index contributed by atoms with van der Waals surface area (Å²) in [5.41, 5.74) is -0.388. The Kier molecular flexibility index (Phi) is 4.29. The SMILES string of the molecule is CC(C)(C)OC(=O)C=Cc1c(F)cccc1Cl. The van der Waals surface area contributed by atoms with E-state index in [1.165, 1.54) is 18.2 Å². The second-order valence-corrected chi connectivity index (χ2v) is 4.91. The largest absolute Gasteiger partial charge is 0.457 e. The molecule has 0 amide bonds. The highest BCUT2D eigenvalue weighted by molar-refractivity contribution is 6.32. The summed E-state index contributed by atoms with van der Waals surface area (Å²) in [6, 6.07) is 4.34. The molecule has 92 valence electrons. The van der Waals surface area contributed by atoms with Crippen molar-refractivity contribution in [2.45, 2.75) is 26.4 Å². The molecular formula is C13H14ClFO2. The lowest BCUT2D eigenvalue weighted by Crippen LogP contribution is -2.22. The maximum absolute atomic E-state index is 13.4. The fourth-order valence-electron chi connectivity index (χ4n) is 1.16. The van der Waals surface area contributed by atoms with Gasteiger partial charge in [0, 0.05) is 11.6 Å². The number of ether oxygens (including phenoxy) is 1. The number of rotatable bonds is 2. The first kappa shape index (κ1) is 13.7. The van der Waals surface area contributed by atoms with Gasteiger partial charge >= 0.3 is 5.97 Å². The van der Waals surface area contributed by atoms with E-state index in [-0.39, 0.29) is 10.6 Å². The van der Waals surface area contributed by atoms with Gasteiger partial charge in [-0.25, -0.2) is 9.18 Å². The first-order chi connectivity index (χ1) is 7.79. The zero-order chi connectivity index (χ0) is 13.1. The summed E-state index contributed by atoms with van der Waals surface area (Å²) in [5.74, 6) is -1.01. The molecule has 0 bridgehead atoms. The summed E-state index contributed by atoms with van der Waals surface area (Å²) >= 11 is 5.80. The molecule has 0 atom stereocenters. The van der Waals surface area contributed by atoms with Crippen LogP contribution in [-0.2, 0) is 9.53 Å². The average molecular weight is 257 g/mol. The molecule has 0 fully saturated rings. The topological polar surface area (TPSA) is 26.3 Å². The first-order valence-electron chi connectivity index (χ1n) is 5.15. The van der Waals surface area contributed by atoms with Crippen LogP contribution in [0, 0.1) is 5.82 Å². The molecule has 4 heteroatoms. The molecule has 0 unspecified atom stereocenters.